The monoisotopic (exact) mass is 481 g/mol. The Bertz CT molecular complexity index is 1250. The normalized spacial score (nSPS) is 22.2. The molecule has 1 aromatic carbocycles. The molecule has 5 rings (SSSR count). The van der Waals surface area contributed by atoms with E-state index < -0.39 is 17.6 Å². The maximum absolute atomic E-state index is 13.0. The number of anilines is 1. The Balaban J connectivity index is 1.24. The lowest BCUT2D eigenvalue weighted by Crippen LogP contribution is -2.61. The lowest BCUT2D eigenvalue weighted by molar-refractivity contribution is -0.135. The smallest absolute Gasteiger partial charge is 0.410 e. The summed E-state index contributed by atoms with van der Waals surface area (Å²) >= 11 is 0. The third-order valence-corrected chi connectivity index (χ3v) is 7.21. The van der Waals surface area contributed by atoms with Crippen molar-refractivity contribution in [1.29, 1.82) is 0 Å². The number of carbonyl (C=O) groups excluding carboxylic acids is 3. The molecule has 1 aromatic heterocycles. The predicted molar refractivity (Wildman–Crippen MR) is 129 cm³/mol. The standard InChI is InChI=1S/C25H31N5O5/c1-24(2,3)35-23(34)28-10-8-25(9-11-28)13-29(14-25)16-4-5-17-18(12-16)26-15-30(22(17)33)19-6-7-20(31)27-21(19)32/h4-5,12,15,19H,6-11,13-14H2,1-3H3,(H,27,31,32). The maximum Gasteiger partial charge on any atom is 0.410 e. The van der Waals surface area contributed by atoms with E-state index in [4.69, 9.17) is 4.74 Å². The molecule has 1 spiro atoms. The van der Waals surface area contributed by atoms with Gasteiger partial charge in [-0.1, -0.05) is 0 Å². The molecule has 0 radical (unpaired) electrons. The summed E-state index contributed by atoms with van der Waals surface area (Å²) in [7, 11) is 0. The number of likely N-dealkylation sites (tertiary alicyclic amines) is 1. The average molecular weight is 482 g/mol. The van der Waals surface area contributed by atoms with Crippen LogP contribution >= 0.6 is 0 Å². The van der Waals surface area contributed by atoms with Gasteiger partial charge in [0.1, 0.15) is 11.6 Å². The molecular weight excluding hydrogens is 450 g/mol. The van der Waals surface area contributed by atoms with E-state index >= 15 is 0 Å². The Morgan fingerprint density at radius 1 is 1.14 bits per heavy atom. The van der Waals surface area contributed by atoms with Crippen LogP contribution in [0.15, 0.2) is 29.3 Å². The third-order valence-electron chi connectivity index (χ3n) is 7.21. The van der Waals surface area contributed by atoms with Crippen molar-refractivity contribution in [3.8, 4) is 0 Å². The lowest BCUT2D eigenvalue weighted by Gasteiger charge is -2.55. The summed E-state index contributed by atoms with van der Waals surface area (Å²) in [6.45, 7) is 8.82. The van der Waals surface area contributed by atoms with Gasteiger partial charge < -0.3 is 14.5 Å². The first kappa shape index (κ1) is 23.3. The van der Waals surface area contributed by atoms with E-state index in [0.717, 1.165) is 31.6 Å². The van der Waals surface area contributed by atoms with Gasteiger partial charge in [-0.25, -0.2) is 9.78 Å². The number of rotatable bonds is 2. The number of hydrogen-bond donors (Lipinski definition) is 1. The molecule has 3 fully saturated rings. The van der Waals surface area contributed by atoms with E-state index in [9.17, 15) is 19.2 Å². The zero-order valence-corrected chi connectivity index (χ0v) is 20.4. The molecule has 3 saturated heterocycles. The van der Waals surface area contributed by atoms with E-state index in [-0.39, 0.29) is 35.8 Å². The van der Waals surface area contributed by atoms with E-state index in [2.05, 4.69) is 15.2 Å². The van der Waals surface area contributed by atoms with Crippen molar-refractivity contribution in [2.45, 2.75) is 58.1 Å². The second kappa shape index (κ2) is 8.35. The van der Waals surface area contributed by atoms with Gasteiger partial charge >= 0.3 is 6.09 Å². The molecule has 0 bridgehead atoms. The van der Waals surface area contributed by atoms with Gasteiger partial charge in [0.05, 0.1) is 17.2 Å². The van der Waals surface area contributed by atoms with Crippen molar-refractivity contribution in [2.24, 2.45) is 5.41 Å². The van der Waals surface area contributed by atoms with Gasteiger partial charge in [-0.05, 0) is 58.2 Å². The Labute approximate surface area is 203 Å². The van der Waals surface area contributed by atoms with Crippen LogP contribution in [0, 0.1) is 5.41 Å². The molecular formula is C25H31N5O5. The molecule has 0 saturated carbocycles. The average Bonchev–Trinajstić information content (AvgIpc) is 2.77. The summed E-state index contributed by atoms with van der Waals surface area (Å²) in [5, 5.41) is 2.73. The number of imide groups is 1. The number of aromatic nitrogens is 2. The number of hydrogen-bond acceptors (Lipinski definition) is 7. The molecule has 3 aliphatic heterocycles. The molecule has 4 heterocycles. The highest BCUT2D eigenvalue weighted by molar-refractivity contribution is 5.99. The molecule has 10 heteroatoms. The number of amides is 3. The highest BCUT2D eigenvalue weighted by Crippen LogP contribution is 2.43. The van der Waals surface area contributed by atoms with Gasteiger partial charge in [-0.2, -0.15) is 0 Å². The first-order chi connectivity index (χ1) is 16.5. The van der Waals surface area contributed by atoms with Crippen molar-refractivity contribution >= 4 is 34.5 Å². The molecule has 10 nitrogen and oxygen atoms in total. The van der Waals surface area contributed by atoms with Crippen molar-refractivity contribution in [2.75, 3.05) is 31.1 Å². The van der Waals surface area contributed by atoms with Crippen LogP contribution in [0.3, 0.4) is 0 Å². The zero-order chi connectivity index (χ0) is 25.0. The largest absolute Gasteiger partial charge is 0.444 e. The molecule has 1 N–H and O–H groups in total. The predicted octanol–water partition coefficient (Wildman–Crippen LogP) is 2.21. The van der Waals surface area contributed by atoms with Crippen LogP contribution in [0.1, 0.15) is 52.5 Å². The van der Waals surface area contributed by atoms with E-state index in [1.807, 2.05) is 32.9 Å². The minimum atomic E-state index is -0.724. The Morgan fingerprint density at radius 3 is 2.51 bits per heavy atom. The minimum absolute atomic E-state index is 0.191. The Morgan fingerprint density at radius 2 is 1.86 bits per heavy atom. The van der Waals surface area contributed by atoms with Crippen LogP contribution in [0.5, 0.6) is 0 Å². The van der Waals surface area contributed by atoms with Gasteiger partial charge in [-0.3, -0.25) is 24.3 Å². The minimum Gasteiger partial charge on any atom is -0.444 e. The van der Waals surface area contributed by atoms with Crippen LogP contribution in [0.25, 0.3) is 10.9 Å². The number of fused-ring (bicyclic) bond motifs is 1. The first-order valence-corrected chi connectivity index (χ1v) is 12.1. The number of piperidine rings is 2. The summed E-state index contributed by atoms with van der Waals surface area (Å²) in [4.78, 5) is 57.5. The van der Waals surface area contributed by atoms with Crippen LogP contribution in [-0.4, -0.2) is 64.1 Å². The zero-order valence-electron chi connectivity index (χ0n) is 20.4. The quantitative estimate of drug-likeness (QED) is 0.654. The SMILES string of the molecule is CC(C)(C)OC(=O)N1CCC2(CC1)CN(c1ccc3c(=O)n(C4CCC(=O)NC4=O)cnc3c1)C2. The molecule has 1 atom stereocenters. The van der Waals surface area contributed by atoms with Gasteiger partial charge in [0.2, 0.25) is 11.8 Å². The summed E-state index contributed by atoms with van der Waals surface area (Å²) in [6.07, 6.45) is 3.52. The highest BCUT2D eigenvalue weighted by Gasteiger charge is 2.46. The van der Waals surface area contributed by atoms with E-state index in [1.54, 1.807) is 11.0 Å². The van der Waals surface area contributed by atoms with Crippen LogP contribution in [0.2, 0.25) is 0 Å². The van der Waals surface area contributed by atoms with Crippen molar-refractivity contribution in [1.82, 2.24) is 19.8 Å². The molecule has 2 aromatic rings. The topological polar surface area (TPSA) is 114 Å². The highest BCUT2D eigenvalue weighted by atomic mass is 16.6. The summed E-state index contributed by atoms with van der Waals surface area (Å²) in [5.41, 5.74) is 0.996. The summed E-state index contributed by atoms with van der Waals surface area (Å²) in [6, 6.07) is 4.87. The van der Waals surface area contributed by atoms with E-state index in [0.29, 0.717) is 24.0 Å². The first-order valence-electron chi connectivity index (χ1n) is 12.1. The van der Waals surface area contributed by atoms with Crippen molar-refractivity contribution in [3.05, 3.63) is 34.9 Å². The number of carbonyl (C=O) groups is 3. The lowest BCUT2D eigenvalue weighted by atomic mass is 9.72. The fourth-order valence-corrected chi connectivity index (χ4v) is 5.24. The summed E-state index contributed by atoms with van der Waals surface area (Å²) < 4.78 is 6.82. The van der Waals surface area contributed by atoms with Crippen LogP contribution in [-0.2, 0) is 14.3 Å². The van der Waals surface area contributed by atoms with Gasteiger partial charge in [0.15, 0.2) is 0 Å². The Hall–Kier alpha value is -3.43. The number of ether oxygens (including phenoxy) is 1. The molecule has 0 aliphatic carbocycles. The van der Waals surface area contributed by atoms with Crippen LogP contribution < -0.4 is 15.8 Å². The third kappa shape index (κ3) is 4.49. The van der Waals surface area contributed by atoms with Crippen molar-refractivity contribution in [3.63, 3.8) is 0 Å². The number of benzene rings is 1. The van der Waals surface area contributed by atoms with Gasteiger partial charge in [0.25, 0.3) is 5.56 Å². The molecule has 35 heavy (non-hydrogen) atoms. The van der Waals surface area contributed by atoms with Gasteiger partial charge in [-0.15, -0.1) is 0 Å². The number of nitrogens with one attached hydrogen (secondary N) is 1. The van der Waals surface area contributed by atoms with Gasteiger partial charge in [0, 0.05) is 43.7 Å². The molecule has 3 amide bonds. The Kier molecular flexibility index (Phi) is 5.56. The maximum atomic E-state index is 13.0. The molecule has 186 valence electrons. The fraction of sp³-hybridized carbons (Fsp3) is 0.560. The second-order valence-corrected chi connectivity index (χ2v) is 10.9. The fourth-order valence-electron chi connectivity index (χ4n) is 5.24. The number of nitrogens with zero attached hydrogens (tertiary/aromatic N) is 4. The van der Waals surface area contributed by atoms with Crippen LogP contribution in [0.4, 0.5) is 10.5 Å². The van der Waals surface area contributed by atoms with Crippen molar-refractivity contribution < 1.29 is 19.1 Å². The van der Waals surface area contributed by atoms with E-state index in [1.165, 1.54) is 10.9 Å². The summed E-state index contributed by atoms with van der Waals surface area (Å²) in [5.74, 6) is -0.787. The molecule has 1 unspecified atom stereocenters. The second-order valence-electron chi connectivity index (χ2n) is 10.9. The molecule has 3 aliphatic rings.